The molecule has 0 atom stereocenters. The summed E-state index contributed by atoms with van der Waals surface area (Å²) in [6.45, 7) is 3.35. The molecule has 128 valence electrons. The summed E-state index contributed by atoms with van der Waals surface area (Å²) >= 11 is 0. The number of sulfone groups is 1. The van der Waals surface area contributed by atoms with Crippen molar-refractivity contribution in [2.45, 2.75) is 35.7 Å². The number of nitrogens with two attached hydrogens (primary N) is 1. The number of hydrogen-bond acceptors (Lipinski definition) is 7. The van der Waals surface area contributed by atoms with E-state index in [0.717, 1.165) is 25.9 Å². The number of nitrogens with one attached hydrogen (secondary N) is 1. The molecule has 0 spiro atoms. The van der Waals surface area contributed by atoms with Crippen LogP contribution in [0.1, 0.15) is 18.5 Å². The first-order valence-electron chi connectivity index (χ1n) is 7.80. The first kappa shape index (κ1) is 16.7. The molecule has 1 aliphatic heterocycles. The molecule has 1 fully saturated rings. The van der Waals surface area contributed by atoms with Crippen molar-refractivity contribution in [3.63, 3.8) is 0 Å². The zero-order valence-corrected chi connectivity index (χ0v) is 14.2. The van der Waals surface area contributed by atoms with Crippen LogP contribution < -0.4 is 15.8 Å². The molecule has 1 saturated heterocycles. The molecule has 8 heteroatoms. The summed E-state index contributed by atoms with van der Waals surface area (Å²) in [6.07, 6.45) is 1.72. The molecule has 2 aromatic rings. The van der Waals surface area contributed by atoms with Crippen molar-refractivity contribution >= 4 is 15.7 Å². The molecule has 0 amide bonds. The van der Waals surface area contributed by atoms with E-state index in [2.05, 4.69) is 15.3 Å². The number of aromatic nitrogens is 2. The van der Waals surface area contributed by atoms with Gasteiger partial charge in [0.15, 0.2) is 0 Å². The van der Waals surface area contributed by atoms with Crippen LogP contribution in [-0.2, 0) is 9.84 Å². The fourth-order valence-electron chi connectivity index (χ4n) is 2.72. The largest absolute Gasteiger partial charge is 0.460 e. The standard InChI is InChI=1S/C16H20N4O3S/c1-11-14(24(21,22)13-5-3-2-4-6-13)15(17)20-16(19-11)23-12-7-9-18-10-8-12/h2-6,12,18H,7-10H2,1H3,(H2,17,19,20). The van der Waals surface area contributed by atoms with Crippen molar-refractivity contribution < 1.29 is 13.2 Å². The second-order valence-corrected chi connectivity index (χ2v) is 7.58. The van der Waals surface area contributed by atoms with E-state index in [1.165, 1.54) is 12.1 Å². The first-order valence-corrected chi connectivity index (χ1v) is 9.28. The van der Waals surface area contributed by atoms with E-state index < -0.39 is 9.84 Å². The van der Waals surface area contributed by atoms with E-state index in [9.17, 15) is 8.42 Å². The van der Waals surface area contributed by atoms with Gasteiger partial charge in [-0.15, -0.1) is 0 Å². The van der Waals surface area contributed by atoms with Crippen LogP contribution in [0, 0.1) is 6.92 Å². The molecule has 1 aromatic heterocycles. The lowest BCUT2D eigenvalue weighted by molar-refractivity contribution is 0.148. The number of rotatable bonds is 4. The minimum absolute atomic E-state index is 0.0154. The predicted octanol–water partition coefficient (Wildman–Crippen LogP) is 1.33. The molecule has 1 aliphatic rings. The van der Waals surface area contributed by atoms with E-state index in [1.54, 1.807) is 25.1 Å². The Balaban J connectivity index is 1.93. The molecule has 0 aliphatic carbocycles. The van der Waals surface area contributed by atoms with Crippen molar-refractivity contribution in [3.05, 3.63) is 36.0 Å². The summed E-state index contributed by atoms with van der Waals surface area (Å²) < 4.78 is 31.3. The second kappa shape index (κ2) is 6.74. The van der Waals surface area contributed by atoms with Gasteiger partial charge < -0.3 is 15.8 Å². The summed E-state index contributed by atoms with van der Waals surface area (Å²) in [6, 6.07) is 8.24. The molecule has 0 unspecified atom stereocenters. The van der Waals surface area contributed by atoms with Gasteiger partial charge in [0.05, 0.1) is 10.6 Å². The number of nitrogen functional groups attached to an aromatic ring is 1. The Bertz CT molecular complexity index is 795. The van der Waals surface area contributed by atoms with Gasteiger partial charge in [-0.25, -0.2) is 8.42 Å². The molecular weight excluding hydrogens is 328 g/mol. The Hall–Kier alpha value is -2.19. The van der Waals surface area contributed by atoms with E-state index in [-0.39, 0.29) is 33.4 Å². The predicted molar refractivity (Wildman–Crippen MR) is 89.6 cm³/mol. The van der Waals surface area contributed by atoms with Gasteiger partial charge in [0.25, 0.3) is 0 Å². The van der Waals surface area contributed by atoms with Crippen LogP contribution in [0.4, 0.5) is 5.82 Å². The molecule has 2 heterocycles. The van der Waals surface area contributed by atoms with Crippen LogP contribution in [0.2, 0.25) is 0 Å². The maximum atomic E-state index is 12.8. The minimum Gasteiger partial charge on any atom is -0.460 e. The molecule has 0 saturated carbocycles. The number of nitrogens with zero attached hydrogens (tertiary/aromatic N) is 2. The van der Waals surface area contributed by atoms with Crippen LogP contribution in [0.5, 0.6) is 6.01 Å². The van der Waals surface area contributed by atoms with Crippen molar-refractivity contribution in [1.82, 2.24) is 15.3 Å². The quantitative estimate of drug-likeness (QED) is 0.858. The third-order valence-electron chi connectivity index (χ3n) is 3.92. The van der Waals surface area contributed by atoms with Gasteiger partial charge in [-0.2, -0.15) is 9.97 Å². The average molecular weight is 348 g/mol. The van der Waals surface area contributed by atoms with E-state index in [4.69, 9.17) is 10.5 Å². The monoisotopic (exact) mass is 348 g/mol. The van der Waals surface area contributed by atoms with E-state index in [1.807, 2.05) is 0 Å². The van der Waals surface area contributed by atoms with Crippen LogP contribution in [0.25, 0.3) is 0 Å². The molecule has 3 N–H and O–H groups in total. The zero-order valence-electron chi connectivity index (χ0n) is 13.4. The summed E-state index contributed by atoms with van der Waals surface area (Å²) in [7, 11) is -3.77. The van der Waals surface area contributed by atoms with Crippen LogP contribution in [-0.4, -0.2) is 37.6 Å². The third kappa shape index (κ3) is 3.34. The van der Waals surface area contributed by atoms with Crippen molar-refractivity contribution in [2.75, 3.05) is 18.8 Å². The van der Waals surface area contributed by atoms with Crippen molar-refractivity contribution in [3.8, 4) is 6.01 Å². The fourth-order valence-corrected chi connectivity index (χ4v) is 4.23. The molecule has 3 rings (SSSR count). The Kier molecular flexibility index (Phi) is 4.68. The zero-order chi connectivity index (χ0) is 17.2. The Labute approximate surface area is 141 Å². The lowest BCUT2D eigenvalue weighted by atomic mass is 10.1. The summed E-state index contributed by atoms with van der Waals surface area (Å²) in [5.41, 5.74) is 6.22. The molecule has 1 aromatic carbocycles. The van der Waals surface area contributed by atoms with Gasteiger partial charge in [0.2, 0.25) is 9.84 Å². The number of aryl methyl sites for hydroxylation is 1. The van der Waals surface area contributed by atoms with E-state index in [0.29, 0.717) is 0 Å². The highest BCUT2D eigenvalue weighted by Gasteiger charge is 2.26. The van der Waals surface area contributed by atoms with Crippen LogP contribution in [0.3, 0.4) is 0 Å². The fraction of sp³-hybridized carbons (Fsp3) is 0.375. The van der Waals surface area contributed by atoms with Gasteiger partial charge in [-0.05, 0) is 45.0 Å². The van der Waals surface area contributed by atoms with Gasteiger partial charge in [-0.1, -0.05) is 18.2 Å². The maximum Gasteiger partial charge on any atom is 0.318 e. The van der Waals surface area contributed by atoms with Gasteiger partial charge >= 0.3 is 6.01 Å². The molecule has 24 heavy (non-hydrogen) atoms. The van der Waals surface area contributed by atoms with Gasteiger partial charge in [0, 0.05) is 0 Å². The lowest BCUT2D eigenvalue weighted by Gasteiger charge is -2.23. The Morgan fingerprint density at radius 1 is 1.17 bits per heavy atom. The van der Waals surface area contributed by atoms with Gasteiger partial charge in [-0.3, -0.25) is 0 Å². The molecular formula is C16H20N4O3S. The van der Waals surface area contributed by atoms with Crippen LogP contribution >= 0.6 is 0 Å². The topological polar surface area (TPSA) is 107 Å². The highest BCUT2D eigenvalue weighted by atomic mass is 32.2. The molecule has 0 radical (unpaired) electrons. The van der Waals surface area contributed by atoms with E-state index >= 15 is 0 Å². The lowest BCUT2D eigenvalue weighted by Crippen LogP contribution is -2.34. The van der Waals surface area contributed by atoms with Crippen LogP contribution in [0.15, 0.2) is 40.1 Å². The summed E-state index contributed by atoms with van der Waals surface area (Å²) in [5, 5.41) is 3.25. The Morgan fingerprint density at radius 2 is 1.83 bits per heavy atom. The maximum absolute atomic E-state index is 12.8. The highest BCUT2D eigenvalue weighted by Crippen LogP contribution is 2.28. The molecule has 0 bridgehead atoms. The SMILES string of the molecule is Cc1nc(OC2CCNCC2)nc(N)c1S(=O)(=O)c1ccccc1. The number of ether oxygens (including phenoxy) is 1. The highest BCUT2D eigenvalue weighted by molar-refractivity contribution is 7.91. The normalized spacial score (nSPS) is 16.0. The number of hydrogen-bond donors (Lipinski definition) is 2. The number of benzene rings is 1. The number of piperidine rings is 1. The first-order chi connectivity index (χ1) is 11.5. The Morgan fingerprint density at radius 3 is 2.46 bits per heavy atom. The summed E-state index contributed by atoms with van der Waals surface area (Å²) in [4.78, 5) is 8.37. The van der Waals surface area contributed by atoms with Crippen molar-refractivity contribution in [1.29, 1.82) is 0 Å². The smallest absolute Gasteiger partial charge is 0.318 e. The molecule has 7 nitrogen and oxygen atoms in total. The number of anilines is 1. The summed E-state index contributed by atoms with van der Waals surface area (Å²) in [5.74, 6) is -0.0877. The second-order valence-electron chi connectivity index (χ2n) is 5.69. The third-order valence-corrected chi connectivity index (χ3v) is 5.86. The average Bonchev–Trinajstić information content (AvgIpc) is 2.55. The van der Waals surface area contributed by atoms with Gasteiger partial charge in [0.1, 0.15) is 16.8 Å². The minimum atomic E-state index is -3.77. The van der Waals surface area contributed by atoms with Crippen molar-refractivity contribution in [2.24, 2.45) is 0 Å².